The van der Waals surface area contributed by atoms with Crippen molar-refractivity contribution in [2.75, 3.05) is 11.9 Å². The van der Waals surface area contributed by atoms with Crippen LogP contribution in [0, 0.1) is 10.1 Å². The van der Waals surface area contributed by atoms with Crippen LogP contribution in [0.1, 0.15) is 6.92 Å². The lowest BCUT2D eigenvalue weighted by Gasteiger charge is -2.10. The first-order valence-corrected chi connectivity index (χ1v) is 6.92. The number of nitrogens with one attached hydrogen (secondary N) is 1. The van der Waals surface area contributed by atoms with Gasteiger partial charge in [0, 0.05) is 24.4 Å². The zero-order chi connectivity index (χ0) is 15.4. The summed E-state index contributed by atoms with van der Waals surface area (Å²) in [6.45, 7) is 2.53. The zero-order valence-corrected chi connectivity index (χ0v) is 12.6. The number of halogens is 2. The number of nitro benzene ring substituents is 1. The van der Waals surface area contributed by atoms with Crippen LogP contribution in [0.5, 0.6) is 11.5 Å². The highest BCUT2D eigenvalue weighted by molar-refractivity contribution is 6.42. The molecule has 110 valence electrons. The molecule has 0 atom stereocenters. The Kier molecular flexibility index (Phi) is 4.88. The van der Waals surface area contributed by atoms with Gasteiger partial charge in [-0.2, -0.15) is 0 Å². The second kappa shape index (κ2) is 6.65. The minimum absolute atomic E-state index is 0.0680. The molecule has 0 aliphatic rings. The Hall–Kier alpha value is -1.98. The van der Waals surface area contributed by atoms with Crippen molar-refractivity contribution in [1.82, 2.24) is 0 Å². The summed E-state index contributed by atoms with van der Waals surface area (Å²) in [6, 6.07) is 9.39. The van der Waals surface area contributed by atoms with E-state index in [9.17, 15) is 10.1 Å². The van der Waals surface area contributed by atoms with Crippen molar-refractivity contribution >= 4 is 34.6 Å². The minimum Gasteiger partial charge on any atom is -0.455 e. The highest BCUT2D eigenvalue weighted by Gasteiger charge is 2.13. The molecule has 0 saturated heterocycles. The number of rotatable bonds is 5. The van der Waals surface area contributed by atoms with Crippen LogP contribution in [-0.2, 0) is 0 Å². The van der Waals surface area contributed by atoms with Gasteiger partial charge in [0.05, 0.1) is 16.0 Å². The van der Waals surface area contributed by atoms with Crippen molar-refractivity contribution in [3.05, 3.63) is 56.6 Å². The van der Waals surface area contributed by atoms with Gasteiger partial charge in [0.15, 0.2) is 0 Å². The molecular formula is C14H12Cl2N2O3. The Labute approximate surface area is 131 Å². The van der Waals surface area contributed by atoms with Crippen molar-refractivity contribution in [3.8, 4) is 11.5 Å². The smallest absolute Gasteiger partial charge is 0.275 e. The lowest BCUT2D eigenvalue weighted by atomic mass is 10.2. The molecule has 0 unspecified atom stereocenters. The molecule has 0 saturated carbocycles. The summed E-state index contributed by atoms with van der Waals surface area (Å²) < 4.78 is 5.61. The van der Waals surface area contributed by atoms with Gasteiger partial charge < -0.3 is 10.1 Å². The van der Waals surface area contributed by atoms with Gasteiger partial charge in [0.25, 0.3) is 5.69 Å². The molecule has 0 aliphatic heterocycles. The van der Waals surface area contributed by atoms with Crippen LogP contribution >= 0.6 is 23.2 Å². The van der Waals surface area contributed by atoms with Crippen LogP contribution in [0.25, 0.3) is 0 Å². The van der Waals surface area contributed by atoms with Gasteiger partial charge in [-0.25, -0.2) is 0 Å². The van der Waals surface area contributed by atoms with Gasteiger partial charge in [0.2, 0.25) is 0 Å². The molecule has 7 heteroatoms. The third kappa shape index (κ3) is 3.77. The molecule has 2 aromatic rings. The molecule has 0 bridgehead atoms. The highest BCUT2D eigenvalue weighted by atomic mass is 35.5. The molecule has 2 aromatic carbocycles. The number of nitrogens with zero attached hydrogens (tertiary/aromatic N) is 1. The van der Waals surface area contributed by atoms with Gasteiger partial charge in [-0.15, -0.1) is 0 Å². The molecule has 1 N–H and O–H groups in total. The first-order chi connectivity index (χ1) is 10.0. The lowest BCUT2D eigenvalue weighted by molar-refractivity contribution is -0.384. The average molecular weight is 327 g/mol. The van der Waals surface area contributed by atoms with Gasteiger partial charge in [-0.3, -0.25) is 10.1 Å². The molecule has 0 heterocycles. The van der Waals surface area contributed by atoms with Crippen molar-refractivity contribution < 1.29 is 9.66 Å². The standard InChI is InChI=1S/C14H12Cl2N2O3/c1-2-17-9-6-10(18(19)20)8-11(7-9)21-13-5-3-4-12(15)14(13)16/h3-8,17H,2H2,1H3. The predicted octanol–water partition coefficient (Wildman–Crippen LogP) is 5.13. The third-order valence-corrected chi connectivity index (χ3v) is 3.43. The van der Waals surface area contributed by atoms with E-state index in [0.29, 0.717) is 28.8 Å². The van der Waals surface area contributed by atoms with E-state index in [4.69, 9.17) is 27.9 Å². The van der Waals surface area contributed by atoms with E-state index in [2.05, 4.69) is 5.32 Å². The fraction of sp³-hybridized carbons (Fsp3) is 0.143. The summed E-state index contributed by atoms with van der Waals surface area (Å²) in [5, 5.41) is 14.6. The number of ether oxygens (including phenoxy) is 1. The van der Waals surface area contributed by atoms with E-state index in [1.807, 2.05) is 6.92 Å². The third-order valence-electron chi connectivity index (χ3n) is 2.63. The molecule has 0 fully saturated rings. The topological polar surface area (TPSA) is 64.4 Å². The Bertz CT molecular complexity index is 677. The molecule has 5 nitrogen and oxygen atoms in total. The van der Waals surface area contributed by atoms with E-state index in [1.54, 1.807) is 24.3 Å². The summed E-state index contributed by atoms with van der Waals surface area (Å²) in [5.74, 6) is 0.649. The normalized spacial score (nSPS) is 10.2. The first-order valence-electron chi connectivity index (χ1n) is 6.16. The molecule has 0 radical (unpaired) electrons. The maximum absolute atomic E-state index is 11.0. The fourth-order valence-electron chi connectivity index (χ4n) is 1.74. The molecular weight excluding hydrogens is 315 g/mol. The quantitative estimate of drug-likeness (QED) is 0.611. The second-order valence-electron chi connectivity index (χ2n) is 4.16. The molecule has 2 rings (SSSR count). The maximum Gasteiger partial charge on any atom is 0.275 e. The van der Waals surface area contributed by atoms with Crippen LogP contribution in [0.3, 0.4) is 0 Å². The first kappa shape index (κ1) is 15.4. The summed E-state index contributed by atoms with van der Waals surface area (Å²) >= 11 is 12.0. The monoisotopic (exact) mass is 326 g/mol. The van der Waals surface area contributed by atoms with Crippen molar-refractivity contribution in [3.63, 3.8) is 0 Å². The molecule has 21 heavy (non-hydrogen) atoms. The largest absolute Gasteiger partial charge is 0.455 e. The molecule has 0 spiro atoms. The zero-order valence-electron chi connectivity index (χ0n) is 11.1. The molecule has 0 aromatic heterocycles. The van der Waals surface area contributed by atoms with E-state index < -0.39 is 4.92 Å². The van der Waals surface area contributed by atoms with Crippen LogP contribution in [0.2, 0.25) is 10.0 Å². The Morgan fingerprint density at radius 1 is 1.29 bits per heavy atom. The van der Waals surface area contributed by atoms with E-state index >= 15 is 0 Å². The van der Waals surface area contributed by atoms with Crippen LogP contribution in [-0.4, -0.2) is 11.5 Å². The number of nitro groups is 1. The van der Waals surface area contributed by atoms with Crippen LogP contribution in [0.4, 0.5) is 11.4 Å². The number of hydrogen-bond acceptors (Lipinski definition) is 4. The second-order valence-corrected chi connectivity index (χ2v) is 4.94. The van der Waals surface area contributed by atoms with E-state index in [-0.39, 0.29) is 10.7 Å². The number of hydrogen-bond donors (Lipinski definition) is 1. The van der Waals surface area contributed by atoms with Crippen molar-refractivity contribution in [1.29, 1.82) is 0 Å². The fourth-order valence-corrected chi connectivity index (χ4v) is 2.07. The SMILES string of the molecule is CCNc1cc(Oc2cccc(Cl)c2Cl)cc([N+](=O)[O-])c1. The Balaban J connectivity index is 2.38. The number of non-ortho nitro benzene ring substituents is 1. The molecule has 0 amide bonds. The number of benzene rings is 2. The average Bonchev–Trinajstić information content (AvgIpc) is 2.44. The van der Waals surface area contributed by atoms with Gasteiger partial charge in [-0.1, -0.05) is 29.3 Å². The molecule has 0 aliphatic carbocycles. The minimum atomic E-state index is -0.479. The maximum atomic E-state index is 11.0. The number of anilines is 1. The lowest BCUT2D eigenvalue weighted by Crippen LogP contribution is -1.98. The summed E-state index contributed by atoms with van der Waals surface area (Å²) in [6.07, 6.45) is 0. The summed E-state index contributed by atoms with van der Waals surface area (Å²) in [5.41, 5.74) is 0.529. The Morgan fingerprint density at radius 3 is 2.71 bits per heavy atom. The van der Waals surface area contributed by atoms with Crippen LogP contribution in [0.15, 0.2) is 36.4 Å². The predicted molar refractivity (Wildman–Crippen MR) is 83.8 cm³/mol. The van der Waals surface area contributed by atoms with Gasteiger partial charge in [0.1, 0.15) is 16.5 Å². The van der Waals surface area contributed by atoms with Crippen molar-refractivity contribution in [2.45, 2.75) is 6.92 Å². The van der Waals surface area contributed by atoms with Gasteiger partial charge in [-0.05, 0) is 19.1 Å². The van der Waals surface area contributed by atoms with Gasteiger partial charge >= 0.3 is 0 Å². The van der Waals surface area contributed by atoms with E-state index in [0.717, 1.165) is 0 Å². The Morgan fingerprint density at radius 2 is 2.05 bits per heavy atom. The van der Waals surface area contributed by atoms with Crippen LogP contribution < -0.4 is 10.1 Å². The summed E-state index contributed by atoms with van der Waals surface area (Å²) in [7, 11) is 0. The summed E-state index contributed by atoms with van der Waals surface area (Å²) in [4.78, 5) is 10.5. The highest BCUT2D eigenvalue weighted by Crippen LogP contribution is 2.36. The van der Waals surface area contributed by atoms with E-state index in [1.165, 1.54) is 12.1 Å². The van der Waals surface area contributed by atoms with Crippen molar-refractivity contribution in [2.24, 2.45) is 0 Å².